The number of carbonyl (C=O) groups excluding carboxylic acids is 3. The molecule has 2 N–H and O–H groups in total. The standard InChI is InChI=1S/C22H25N3O8/c1-4-29-21(27)19-13(3)20(22(28)30-5-2)25-15(19)12-33-23-11-18(26)24-14-6-7-16-17(10-14)32-9-8-31-16/h6-7,10-11,25H,4-5,8-9,12H2,1-3H3,(H,24,26)/b23-11+. The van der Waals surface area contributed by atoms with Crippen LogP contribution in [0.4, 0.5) is 5.69 Å². The smallest absolute Gasteiger partial charge is 0.355 e. The van der Waals surface area contributed by atoms with Crippen LogP contribution in [0.2, 0.25) is 0 Å². The van der Waals surface area contributed by atoms with E-state index in [2.05, 4.69) is 15.5 Å². The monoisotopic (exact) mass is 459 g/mol. The molecule has 0 atom stereocenters. The lowest BCUT2D eigenvalue weighted by Crippen LogP contribution is -2.16. The van der Waals surface area contributed by atoms with Gasteiger partial charge in [0.15, 0.2) is 18.1 Å². The summed E-state index contributed by atoms with van der Waals surface area (Å²) in [6.45, 7) is 6.00. The lowest BCUT2D eigenvalue weighted by atomic mass is 10.1. The highest BCUT2D eigenvalue weighted by Crippen LogP contribution is 2.32. The third kappa shape index (κ3) is 5.82. The quantitative estimate of drug-likeness (QED) is 0.332. The van der Waals surface area contributed by atoms with Gasteiger partial charge in [-0.2, -0.15) is 0 Å². The van der Waals surface area contributed by atoms with Crippen LogP contribution in [0.25, 0.3) is 0 Å². The number of oxime groups is 1. The maximum atomic E-state index is 12.4. The minimum atomic E-state index is -0.610. The lowest BCUT2D eigenvalue weighted by molar-refractivity contribution is -0.110. The van der Waals surface area contributed by atoms with E-state index in [1.54, 1.807) is 39.0 Å². The summed E-state index contributed by atoms with van der Waals surface area (Å²) in [5, 5.41) is 6.27. The minimum Gasteiger partial charge on any atom is -0.486 e. The van der Waals surface area contributed by atoms with Gasteiger partial charge in [0.05, 0.1) is 24.5 Å². The number of ether oxygens (including phenoxy) is 4. The van der Waals surface area contributed by atoms with Crippen molar-refractivity contribution in [3.8, 4) is 11.5 Å². The number of benzene rings is 1. The molecule has 2 aromatic rings. The van der Waals surface area contributed by atoms with Gasteiger partial charge in [-0.3, -0.25) is 4.79 Å². The molecule has 0 spiro atoms. The van der Waals surface area contributed by atoms with Gasteiger partial charge in [0.25, 0.3) is 5.91 Å². The Balaban J connectivity index is 1.63. The van der Waals surface area contributed by atoms with Crippen molar-refractivity contribution in [1.82, 2.24) is 4.98 Å². The molecule has 33 heavy (non-hydrogen) atoms. The summed E-state index contributed by atoms with van der Waals surface area (Å²) >= 11 is 0. The van der Waals surface area contributed by atoms with Crippen LogP contribution >= 0.6 is 0 Å². The van der Waals surface area contributed by atoms with Crippen LogP contribution in [0.1, 0.15) is 46.0 Å². The third-order valence-corrected chi connectivity index (χ3v) is 4.55. The summed E-state index contributed by atoms with van der Waals surface area (Å²) in [5.74, 6) is -0.600. The first-order valence-electron chi connectivity index (χ1n) is 10.4. The normalized spacial score (nSPS) is 12.3. The van der Waals surface area contributed by atoms with Gasteiger partial charge in [-0.25, -0.2) is 9.59 Å². The van der Waals surface area contributed by atoms with Gasteiger partial charge in [-0.15, -0.1) is 0 Å². The summed E-state index contributed by atoms with van der Waals surface area (Å²) in [6.07, 6.45) is 0.947. The number of H-pyrrole nitrogens is 1. The summed E-state index contributed by atoms with van der Waals surface area (Å²) in [7, 11) is 0. The number of esters is 2. The van der Waals surface area contributed by atoms with E-state index in [0.717, 1.165) is 6.21 Å². The Hall–Kier alpha value is -4.02. The number of hydrogen-bond donors (Lipinski definition) is 2. The van der Waals surface area contributed by atoms with Gasteiger partial charge >= 0.3 is 11.9 Å². The number of aromatic amines is 1. The molecule has 1 aromatic heterocycles. The van der Waals surface area contributed by atoms with Crippen LogP contribution in [0.15, 0.2) is 23.4 Å². The van der Waals surface area contributed by atoms with E-state index in [1.165, 1.54) is 0 Å². The zero-order valence-corrected chi connectivity index (χ0v) is 18.6. The topological polar surface area (TPSA) is 138 Å². The van der Waals surface area contributed by atoms with Crippen molar-refractivity contribution in [1.29, 1.82) is 0 Å². The number of carbonyl (C=O) groups is 3. The SMILES string of the molecule is CCOC(=O)c1[nH]c(CO/N=C/C(=O)Nc2ccc3c(c2)OCCO3)c(C(=O)OCC)c1C. The van der Waals surface area contributed by atoms with E-state index in [4.69, 9.17) is 23.8 Å². The summed E-state index contributed by atoms with van der Waals surface area (Å²) in [4.78, 5) is 44.6. The van der Waals surface area contributed by atoms with Crippen LogP contribution in [-0.2, 0) is 25.7 Å². The average Bonchev–Trinajstić information content (AvgIpc) is 3.13. The molecule has 0 aliphatic carbocycles. The highest BCUT2D eigenvalue weighted by Gasteiger charge is 2.25. The fourth-order valence-corrected chi connectivity index (χ4v) is 3.14. The minimum absolute atomic E-state index is 0.124. The molecule has 0 saturated carbocycles. The van der Waals surface area contributed by atoms with E-state index in [-0.39, 0.29) is 36.8 Å². The van der Waals surface area contributed by atoms with E-state index in [9.17, 15) is 14.4 Å². The van der Waals surface area contributed by atoms with Crippen molar-refractivity contribution in [3.63, 3.8) is 0 Å². The molecule has 1 aliphatic rings. The largest absolute Gasteiger partial charge is 0.486 e. The molecule has 0 bridgehead atoms. The van der Waals surface area contributed by atoms with Crippen LogP contribution < -0.4 is 14.8 Å². The fraction of sp³-hybridized carbons (Fsp3) is 0.364. The molecule has 0 fully saturated rings. The molecule has 0 radical (unpaired) electrons. The molecular weight excluding hydrogens is 434 g/mol. The second-order valence-electron chi connectivity index (χ2n) is 6.78. The number of amides is 1. The van der Waals surface area contributed by atoms with Gasteiger partial charge in [0.1, 0.15) is 25.1 Å². The van der Waals surface area contributed by atoms with Gasteiger partial charge in [0.2, 0.25) is 0 Å². The molecule has 1 amide bonds. The van der Waals surface area contributed by atoms with E-state index in [0.29, 0.717) is 36.0 Å². The first kappa shape index (κ1) is 23.6. The number of fused-ring (bicyclic) bond motifs is 1. The molecule has 176 valence electrons. The highest BCUT2D eigenvalue weighted by molar-refractivity contribution is 6.31. The molecule has 11 nitrogen and oxygen atoms in total. The first-order valence-corrected chi connectivity index (χ1v) is 10.4. The molecule has 1 aromatic carbocycles. The maximum absolute atomic E-state index is 12.4. The number of nitrogens with zero attached hydrogens (tertiary/aromatic N) is 1. The van der Waals surface area contributed by atoms with E-state index in [1.807, 2.05) is 0 Å². The highest BCUT2D eigenvalue weighted by atomic mass is 16.6. The van der Waals surface area contributed by atoms with Crippen molar-refractivity contribution in [3.05, 3.63) is 40.7 Å². The zero-order chi connectivity index (χ0) is 23.8. The predicted octanol–water partition coefficient (Wildman–Crippen LogP) is 2.59. The molecule has 3 rings (SSSR count). The third-order valence-electron chi connectivity index (χ3n) is 4.55. The average molecular weight is 459 g/mol. The van der Waals surface area contributed by atoms with Crippen molar-refractivity contribution in [2.75, 3.05) is 31.7 Å². The lowest BCUT2D eigenvalue weighted by Gasteiger charge is -2.18. The van der Waals surface area contributed by atoms with Gasteiger partial charge in [0, 0.05) is 11.8 Å². The fourth-order valence-electron chi connectivity index (χ4n) is 3.14. The number of hydrogen-bond acceptors (Lipinski definition) is 9. The number of rotatable bonds is 9. The Kier molecular flexibility index (Phi) is 7.90. The number of aromatic nitrogens is 1. The summed E-state index contributed by atoms with van der Waals surface area (Å²) in [6, 6.07) is 5.01. The van der Waals surface area contributed by atoms with E-state index >= 15 is 0 Å². The van der Waals surface area contributed by atoms with Crippen LogP contribution in [0.3, 0.4) is 0 Å². The molecule has 0 saturated heterocycles. The van der Waals surface area contributed by atoms with Gasteiger partial charge in [-0.1, -0.05) is 5.16 Å². The number of nitrogens with one attached hydrogen (secondary N) is 2. The van der Waals surface area contributed by atoms with E-state index < -0.39 is 17.8 Å². The van der Waals surface area contributed by atoms with Crippen molar-refractivity contribution in [2.45, 2.75) is 27.4 Å². The zero-order valence-electron chi connectivity index (χ0n) is 18.6. The van der Waals surface area contributed by atoms with Gasteiger partial charge < -0.3 is 34.1 Å². The molecule has 2 heterocycles. The second-order valence-corrected chi connectivity index (χ2v) is 6.78. The summed E-state index contributed by atoms with van der Waals surface area (Å²) < 4.78 is 21.0. The van der Waals surface area contributed by atoms with Gasteiger partial charge in [-0.05, 0) is 38.5 Å². The van der Waals surface area contributed by atoms with Crippen LogP contribution in [0.5, 0.6) is 11.5 Å². The Labute approximate surface area is 190 Å². The Morgan fingerprint density at radius 3 is 2.52 bits per heavy atom. The summed E-state index contributed by atoms with van der Waals surface area (Å²) in [5.41, 5.74) is 1.44. The molecule has 11 heteroatoms. The Bertz CT molecular complexity index is 1060. The van der Waals surface area contributed by atoms with Crippen LogP contribution in [0, 0.1) is 6.92 Å². The Morgan fingerprint density at radius 2 is 1.79 bits per heavy atom. The van der Waals surface area contributed by atoms with Crippen molar-refractivity contribution in [2.24, 2.45) is 5.16 Å². The Morgan fingerprint density at radius 1 is 1.09 bits per heavy atom. The van der Waals surface area contributed by atoms with Crippen molar-refractivity contribution >= 4 is 29.7 Å². The first-order chi connectivity index (χ1) is 15.9. The number of anilines is 1. The predicted molar refractivity (Wildman–Crippen MR) is 117 cm³/mol. The van der Waals surface area contributed by atoms with Crippen LogP contribution in [-0.4, -0.2) is 55.5 Å². The van der Waals surface area contributed by atoms with Crippen molar-refractivity contribution < 1.29 is 38.2 Å². The molecule has 0 unspecified atom stereocenters. The maximum Gasteiger partial charge on any atom is 0.355 e. The second kappa shape index (κ2) is 11.0. The molecule has 1 aliphatic heterocycles. The molecular formula is C22H25N3O8.